The maximum Gasteiger partial charge on any atom is 0.305 e. The van der Waals surface area contributed by atoms with Crippen molar-refractivity contribution in [2.45, 2.75) is 26.4 Å². The van der Waals surface area contributed by atoms with Crippen LogP contribution in [0.1, 0.15) is 20.3 Å². The topological polar surface area (TPSA) is 35.5 Å². The molecule has 65 valence electrons. The quantitative estimate of drug-likeness (QED) is 0.446. The van der Waals surface area contributed by atoms with Crippen molar-refractivity contribution in [2.75, 3.05) is 13.2 Å². The van der Waals surface area contributed by atoms with Gasteiger partial charge in [0.2, 0.25) is 0 Å². The summed E-state index contributed by atoms with van der Waals surface area (Å²) in [5, 5.41) is 0. The first kappa shape index (κ1) is 10.4. The summed E-state index contributed by atoms with van der Waals surface area (Å²) in [7, 11) is 0. The fraction of sp³-hybridized carbons (Fsp3) is 0.750. The summed E-state index contributed by atoms with van der Waals surface area (Å²) in [6.07, 6.45) is 0.371. The van der Waals surface area contributed by atoms with Gasteiger partial charge in [-0.25, -0.2) is 0 Å². The summed E-state index contributed by atoms with van der Waals surface area (Å²) in [6, 6.07) is 0. The van der Waals surface area contributed by atoms with Crippen LogP contribution in [-0.4, -0.2) is 25.3 Å². The number of ether oxygens (including phenoxy) is 2. The van der Waals surface area contributed by atoms with Gasteiger partial charge in [0, 0.05) is 6.42 Å². The van der Waals surface area contributed by atoms with E-state index in [4.69, 9.17) is 9.47 Å². The van der Waals surface area contributed by atoms with Crippen molar-refractivity contribution in [1.29, 1.82) is 0 Å². The van der Waals surface area contributed by atoms with Crippen molar-refractivity contribution < 1.29 is 14.3 Å². The predicted molar refractivity (Wildman–Crippen MR) is 42.0 cm³/mol. The van der Waals surface area contributed by atoms with Crippen LogP contribution in [0.3, 0.4) is 0 Å². The molecular weight excluding hydrogens is 144 g/mol. The van der Waals surface area contributed by atoms with Crippen LogP contribution in [0.5, 0.6) is 0 Å². The first-order valence-electron chi connectivity index (χ1n) is 3.73. The zero-order valence-electron chi connectivity index (χ0n) is 7.13. The highest BCUT2D eigenvalue weighted by Gasteiger charge is 1.97. The highest BCUT2D eigenvalue weighted by Crippen LogP contribution is 1.88. The van der Waals surface area contributed by atoms with E-state index in [1.165, 1.54) is 0 Å². The van der Waals surface area contributed by atoms with Gasteiger partial charge in [-0.3, -0.25) is 4.79 Å². The van der Waals surface area contributed by atoms with Crippen LogP contribution in [0.25, 0.3) is 0 Å². The molecule has 0 aromatic rings. The van der Waals surface area contributed by atoms with E-state index in [1.807, 2.05) is 13.8 Å². The molecule has 1 radical (unpaired) electrons. The molecule has 0 unspecified atom stereocenters. The fourth-order valence-electron chi connectivity index (χ4n) is 0.511. The molecule has 3 heteroatoms. The second kappa shape index (κ2) is 6.16. The van der Waals surface area contributed by atoms with E-state index in [1.54, 1.807) is 0 Å². The molecule has 0 amide bonds. The maximum atomic E-state index is 10.5. The number of carbonyl (C=O) groups excluding carboxylic acids is 1. The predicted octanol–water partition coefficient (Wildman–Crippen LogP) is 1.18. The van der Waals surface area contributed by atoms with Crippen LogP contribution in [0, 0.1) is 6.92 Å². The van der Waals surface area contributed by atoms with E-state index in [0.29, 0.717) is 13.2 Å². The molecule has 0 fully saturated rings. The lowest BCUT2D eigenvalue weighted by atomic mass is 10.5. The lowest BCUT2D eigenvalue weighted by Crippen LogP contribution is -2.12. The average Bonchev–Trinajstić information content (AvgIpc) is 1.97. The molecule has 0 N–H and O–H groups in total. The summed E-state index contributed by atoms with van der Waals surface area (Å²) >= 11 is 0. The lowest BCUT2D eigenvalue weighted by molar-refractivity contribution is -0.144. The van der Waals surface area contributed by atoms with Crippen LogP contribution in [0.2, 0.25) is 0 Å². The molecule has 0 aromatic heterocycles. The fourth-order valence-corrected chi connectivity index (χ4v) is 0.511. The highest BCUT2D eigenvalue weighted by molar-refractivity contribution is 5.69. The zero-order chi connectivity index (χ0) is 8.69. The molecule has 0 rings (SSSR count). The Kier molecular flexibility index (Phi) is 5.84. The van der Waals surface area contributed by atoms with Gasteiger partial charge in [0.1, 0.15) is 6.61 Å². The largest absolute Gasteiger partial charge is 0.463 e. The Morgan fingerprint density at radius 2 is 2.09 bits per heavy atom. The minimum absolute atomic E-state index is 0.182. The summed E-state index contributed by atoms with van der Waals surface area (Å²) < 4.78 is 9.85. The average molecular weight is 159 g/mol. The highest BCUT2D eigenvalue weighted by atomic mass is 16.6. The zero-order valence-corrected chi connectivity index (χ0v) is 7.13. The molecule has 0 saturated carbocycles. The van der Waals surface area contributed by atoms with Crippen LogP contribution in [0.4, 0.5) is 0 Å². The minimum atomic E-state index is -0.280. The molecular formula is C8H15O3. The lowest BCUT2D eigenvalue weighted by Gasteiger charge is -2.07. The standard InChI is InChI=1S/C8H15O3/c1-4-8(9)11-6-5-10-7(2)3/h7H,1,4-6H2,2-3H3. The van der Waals surface area contributed by atoms with E-state index in [2.05, 4.69) is 6.92 Å². The second-order valence-corrected chi connectivity index (χ2v) is 2.39. The van der Waals surface area contributed by atoms with Gasteiger partial charge in [-0.15, -0.1) is 0 Å². The van der Waals surface area contributed by atoms with Gasteiger partial charge in [-0.05, 0) is 20.8 Å². The number of esters is 1. The van der Waals surface area contributed by atoms with E-state index in [9.17, 15) is 4.79 Å². The summed E-state index contributed by atoms with van der Waals surface area (Å²) in [4.78, 5) is 10.5. The van der Waals surface area contributed by atoms with Gasteiger partial charge >= 0.3 is 5.97 Å². The summed E-state index contributed by atoms with van der Waals surface area (Å²) in [5.74, 6) is -0.280. The molecule has 0 heterocycles. The van der Waals surface area contributed by atoms with E-state index >= 15 is 0 Å². The van der Waals surface area contributed by atoms with Gasteiger partial charge in [-0.1, -0.05) is 0 Å². The van der Waals surface area contributed by atoms with Crippen molar-refractivity contribution in [3.63, 3.8) is 0 Å². The summed E-state index contributed by atoms with van der Waals surface area (Å²) in [6.45, 7) is 8.04. The Labute approximate surface area is 67.7 Å². The van der Waals surface area contributed by atoms with Gasteiger partial charge < -0.3 is 9.47 Å². The van der Waals surface area contributed by atoms with Crippen molar-refractivity contribution in [3.8, 4) is 0 Å². The van der Waals surface area contributed by atoms with Crippen molar-refractivity contribution in [2.24, 2.45) is 0 Å². The van der Waals surface area contributed by atoms with E-state index in [-0.39, 0.29) is 18.5 Å². The Bertz CT molecular complexity index is 110. The number of rotatable bonds is 5. The van der Waals surface area contributed by atoms with Gasteiger partial charge in [-0.2, -0.15) is 0 Å². The third-order valence-electron chi connectivity index (χ3n) is 1.00. The molecule has 11 heavy (non-hydrogen) atoms. The first-order valence-corrected chi connectivity index (χ1v) is 3.73. The maximum absolute atomic E-state index is 10.5. The smallest absolute Gasteiger partial charge is 0.305 e. The SMILES string of the molecule is [CH2]CC(=O)OCCOC(C)C. The summed E-state index contributed by atoms with van der Waals surface area (Å²) in [5.41, 5.74) is 0. The van der Waals surface area contributed by atoms with Crippen molar-refractivity contribution >= 4 is 5.97 Å². The van der Waals surface area contributed by atoms with Gasteiger partial charge in [0.15, 0.2) is 0 Å². The number of hydrogen-bond donors (Lipinski definition) is 0. The molecule has 0 aliphatic rings. The first-order chi connectivity index (χ1) is 5.16. The molecule has 0 spiro atoms. The third-order valence-corrected chi connectivity index (χ3v) is 1.00. The number of hydrogen-bond acceptors (Lipinski definition) is 3. The van der Waals surface area contributed by atoms with Crippen LogP contribution >= 0.6 is 0 Å². The Morgan fingerprint density at radius 1 is 1.45 bits per heavy atom. The molecule has 0 aliphatic carbocycles. The normalized spacial score (nSPS) is 10.2. The minimum Gasteiger partial charge on any atom is -0.463 e. The third kappa shape index (κ3) is 7.33. The van der Waals surface area contributed by atoms with E-state index in [0.717, 1.165) is 0 Å². The Hall–Kier alpha value is -0.570. The van der Waals surface area contributed by atoms with Gasteiger partial charge in [0.05, 0.1) is 12.7 Å². The number of carbonyl (C=O) groups is 1. The molecule has 3 nitrogen and oxygen atoms in total. The Morgan fingerprint density at radius 3 is 2.55 bits per heavy atom. The van der Waals surface area contributed by atoms with Gasteiger partial charge in [0.25, 0.3) is 0 Å². The molecule has 0 aliphatic heterocycles. The van der Waals surface area contributed by atoms with Crippen LogP contribution in [-0.2, 0) is 14.3 Å². The monoisotopic (exact) mass is 159 g/mol. The van der Waals surface area contributed by atoms with Crippen LogP contribution < -0.4 is 0 Å². The van der Waals surface area contributed by atoms with Crippen LogP contribution in [0.15, 0.2) is 0 Å². The van der Waals surface area contributed by atoms with Crippen molar-refractivity contribution in [1.82, 2.24) is 0 Å². The van der Waals surface area contributed by atoms with Crippen molar-refractivity contribution in [3.05, 3.63) is 6.92 Å². The molecule has 0 atom stereocenters. The molecule has 0 bridgehead atoms. The van der Waals surface area contributed by atoms with E-state index < -0.39 is 0 Å². The second-order valence-electron chi connectivity index (χ2n) is 2.39. The Balaban J connectivity index is 3.08. The molecule has 0 saturated heterocycles. The molecule has 0 aromatic carbocycles.